The molecule has 0 bridgehead atoms. The highest BCUT2D eigenvalue weighted by molar-refractivity contribution is 8.13. The van der Waals surface area contributed by atoms with Gasteiger partial charge in [-0.2, -0.15) is 0 Å². The molecule has 1 spiro atoms. The molecule has 1 saturated heterocycles. The Bertz CT molecular complexity index is 336. The zero-order valence-corrected chi connectivity index (χ0v) is 13.2. The average Bonchev–Trinajstić information content (AvgIpc) is 2.52. The maximum Gasteiger partial charge on any atom is 0.156 e. The third-order valence-electron chi connectivity index (χ3n) is 4.80. The number of morpholine rings is 1. The molecule has 0 aromatic heterocycles. The van der Waals surface area contributed by atoms with Gasteiger partial charge in [-0.1, -0.05) is 31.0 Å². The quantitative estimate of drug-likeness (QED) is 0.864. The van der Waals surface area contributed by atoms with Crippen molar-refractivity contribution in [1.82, 2.24) is 10.2 Å². The Morgan fingerprint density at radius 3 is 2.70 bits per heavy atom. The monoisotopic (exact) mass is 297 g/mol. The molecule has 4 nitrogen and oxygen atoms in total. The molecule has 0 atom stereocenters. The van der Waals surface area contributed by atoms with Crippen molar-refractivity contribution in [3.05, 3.63) is 0 Å². The Balaban J connectivity index is 1.38. The van der Waals surface area contributed by atoms with Crippen LogP contribution in [0, 0.1) is 5.41 Å². The minimum atomic E-state index is 0.540. The van der Waals surface area contributed by atoms with E-state index in [0.29, 0.717) is 5.41 Å². The Morgan fingerprint density at radius 2 is 2.00 bits per heavy atom. The van der Waals surface area contributed by atoms with Gasteiger partial charge in [0.2, 0.25) is 0 Å². The number of aliphatic imine (C=N–C) groups is 1. The minimum Gasteiger partial charge on any atom is -0.379 e. The Morgan fingerprint density at radius 1 is 1.20 bits per heavy atom. The maximum absolute atomic E-state index is 5.37. The first-order valence-corrected chi connectivity index (χ1v) is 9.06. The second kappa shape index (κ2) is 7.14. The molecule has 0 aromatic carbocycles. The molecule has 0 radical (unpaired) electrons. The van der Waals surface area contributed by atoms with E-state index in [1.54, 1.807) is 0 Å². The summed E-state index contributed by atoms with van der Waals surface area (Å²) < 4.78 is 5.37. The summed E-state index contributed by atoms with van der Waals surface area (Å²) in [6.45, 7) is 7.10. The first-order chi connectivity index (χ1) is 9.86. The standard InChI is InChI=1S/C15H27N3OS/c1-2-4-15(5-3-1)12-17-14(20-13-15)16-6-7-18-8-10-19-11-9-18/h1-13H2,(H,16,17). The summed E-state index contributed by atoms with van der Waals surface area (Å²) in [5.41, 5.74) is 0.540. The molecule has 5 heteroatoms. The van der Waals surface area contributed by atoms with Crippen molar-refractivity contribution in [3.63, 3.8) is 0 Å². The van der Waals surface area contributed by atoms with E-state index in [9.17, 15) is 0 Å². The SMILES string of the molecule is C1CCC2(CC1)CN=C(NCCN1CCOCC1)SC2. The predicted molar refractivity (Wildman–Crippen MR) is 85.5 cm³/mol. The van der Waals surface area contributed by atoms with Gasteiger partial charge in [-0.25, -0.2) is 0 Å². The van der Waals surface area contributed by atoms with E-state index in [2.05, 4.69) is 10.2 Å². The van der Waals surface area contributed by atoms with Crippen LogP contribution in [-0.2, 0) is 4.74 Å². The fraction of sp³-hybridized carbons (Fsp3) is 0.933. The second-order valence-corrected chi connectivity index (χ2v) is 7.32. The third kappa shape index (κ3) is 3.89. The van der Waals surface area contributed by atoms with E-state index in [-0.39, 0.29) is 0 Å². The van der Waals surface area contributed by atoms with Crippen molar-refractivity contribution in [1.29, 1.82) is 0 Å². The van der Waals surface area contributed by atoms with Gasteiger partial charge in [-0.3, -0.25) is 9.89 Å². The molecule has 1 N–H and O–H groups in total. The molecule has 20 heavy (non-hydrogen) atoms. The van der Waals surface area contributed by atoms with Crippen LogP contribution in [0.1, 0.15) is 32.1 Å². The zero-order valence-electron chi connectivity index (χ0n) is 12.4. The third-order valence-corrected chi connectivity index (χ3v) is 6.10. The molecule has 0 amide bonds. The van der Waals surface area contributed by atoms with Crippen LogP contribution < -0.4 is 5.32 Å². The molecule has 0 unspecified atom stereocenters. The number of thioether (sulfide) groups is 1. The molecule has 114 valence electrons. The maximum atomic E-state index is 5.37. The molecule has 2 fully saturated rings. The summed E-state index contributed by atoms with van der Waals surface area (Å²) in [5, 5.41) is 4.70. The summed E-state index contributed by atoms with van der Waals surface area (Å²) in [6.07, 6.45) is 7.04. The van der Waals surface area contributed by atoms with E-state index in [1.807, 2.05) is 11.8 Å². The number of amidine groups is 1. The molecular formula is C15H27N3OS. The van der Waals surface area contributed by atoms with Gasteiger partial charge in [0.25, 0.3) is 0 Å². The Hall–Kier alpha value is -0.260. The summed E-state index contributed by atoms with van der Waals surface area (Å²) >= 11 is 1.95. The summed E-state index contributed by atoms with van der Waals surface area (Å²) in [6, 6.07) is 0. The van der Waals surface area contributed by atoms with Crippen LogP contribution in [-0.4, -0.2) is 61.8 Å². The van der Waals surface area contributed by atoms with Crippen LogP contribution >= 0.6 is 11.8 Å². The normalized spacial score (nSPS) is 27.3. The lowest BCUT2D eigenvalue weighted by atomic mass is 9.75. The van der Waals surface area contributed by atoms with Crippen molar-refractivity contribution in [2.24, 2.45) is 10.4 Å². The summed E-state index contributed by atoms with van der Waals surface area (Å²) in [4.78, 5) is 7.28. The van der Waals surface area contributed by atoms with E-state index < -0.39 is 0 Å². The molecule has 3 rings (SSSR count). The van der Waals surface area contributed by atoms with Crippen LogP contribution in [0.3, 0.4) is 0 Å². The molecule has 3 aliphatic rings. The van der Waals surface area contributed by atoms with Crippen LogP contribution in [0.5, 0.6) is 0 Å². The van der Waals surface area contributed by atoms with Crippen LogP contribution in [0.25, 0.3) is 0 Å². The fourth-order valence-electron chi connectivity index (χ4n) is 3.41. The van der Waals surface area contributed by atoms with Gasteiger partial charge in [0.1, 0.15) is 0 Å². The number of nitrogens with one attached hydrogen (secondary N) is 1. The number of rotatable bonds is 3. The number of ether oxygens (including phenoxy) is 1. The zero-order chi connectivity index (χ0) is 13.7. The topological polar surface area (TPSA) is 36.9 Å². The number of nitrogens with zero attached hydrogens (tertiary/aromatic N) is 2. The van der Waals surface area contributed by atoms with Crippen molar-refractivity contribution < 1.29 is 4.74 Å². The highest BCUT2D eigenvalue weighted by Crippen LogP contribution is 2.41. The van der Waals surface area contributed by atoms with Gasteiger partial charge in [-0.15, -0.1) is 0 Å². The summed E-state index contributed by atoms with van der Waals surface area (Å²) in [5.74, 6) is 1.27. The Labute approximate surface area is 126 Å². The molecule has 1 saturated carbocycles. The van der Waals surface area contributed by atoms with E-state index in [4.69, 9.17) is 9.73 Å². The van der Waals surface area contributed by atoms with Crippen molar-refractivity contribution in [2.75, 3.05) is 51.7 Å². The lowest BCUT2D eigenvalue weighted by molar-refractivity contribution is 0.0389. The first-order valence-electron chi connectivity index (χ1n) is 8.08. The van der Waals surface area contributed by atoms with Crippen molar-refractivity contribution >= 4 is 16.9 Å². The lowest BCUT2D eigenvalue weighted by Gasteiger charge is -2.38. The molecule has 2 aliphatic heterocycles. The van der Waals surface area contributed by atoms with Crippen LogP contribution in [0.15, 0.2) is 4.99 Å². The molecule has 0 aromatic rings. The van der Waals surface area contributed by atoms with Gasteiger partial charge in [0.15, 0.2) is 5.17 Å². The van der Waals surface area contributed by atoms with E-state index >= 15 is 0 Å². The highest BCUT2D eigenvalue weighted by Gasteiger charge is 2.34. The van der Waals surface area contributed by atoms with Gasteiger partial charge in [-0.05, 0) is 18.3 Å². The van der Waals surface area contributed by atoms with E-state index in [1.165, 1.54) is 43.0 Å². The minimum absolute atomic E-state index is 0.540. The Kier molecular flexibility index (Phi) is 5.24. The van der Waals surface area contributed by atoms with Crippen LogP contribution in [0.4, 0.5) is 0 Å². The van der Waals surface area contributed by atoms with Crippen molar-refractivity contribution in [3.8, 4) is 0 Å². The van der Waals surface area contributed by atoms with Crippen molar-refractivity contribution in [2.45, 2.75) is 32.1 Å². The fourth-order valence-corrected chi connectivity index (χ4v) is 4.59. The second-order valence-electron chi connectivity index (χ2n) is 6.35. The van der Waals surface area contributed by atoms with Gasteiger partial charge < -0.3 is 10.1 Å². The summed E-state index contributed by atoms with van der Waals surface area (Å²) in [7, 11) is 0. The van der Waals surface area contributed by atoms with Gasteiger partial charge in [0, 0.05) is 38.5 Å². The first kappa shape index (κ1) is 14.7. The average molecular weight is 297 g/mol. The van der Waals surface area contributed by atoms with Crippen LogP contribution in [0.2, 0.25) is 0 Å². The lowest BCUT2D eigenvalue weighted by Crippen LogP contribution is -2.42. The molecule has 2 heterocycles. The smallest absolute Gasteiger partial charge is 0.156 e. The van der Waals surface area contributed by atoms with Gasteiger partial charge in [0.05, 0.1) is 13.2 Å². The van der Waals surface area contributed by atoms with Gasteiger partial charge >= 0.3 is 0 Å². The van der Waals surface area contributed by atoms with E-state index in [0.717, 1.165) is 45.9 Å². The highest BCUT2D eigenvalue weighted by atomic mass is 32.2. The number of hydrogen-bond acceptors (Lipinski definition) is 5. The molecule has 1 aliphatic carbocycles. The number of hydrogen-bond donors (Lipinski definition) is 1. The largest absolute Gasteiger partial charge is 0.379 e. The molecular weight excluding hydrogens is 270 g/mol. The predicted octanol–water partition coefficient (Wildman–Crippen LogP) is 1.96.